The van der Waals surface area contributed by atoms with Gasteiger partial charge in [0.05, 0.1) is 11.6 Å². The molecule has 0 aliphatic heterocycles. The van der Waals surface area contributed by atoms with Crippen LogP contribution in [0.3, 0.4) is 0 Å². The van der Waals surface area contributed by atoms with Crippen LogP contribution in [-0.2, 0) is 6.61 Å². The first-order valence-corrected chi connectivity index (χ1v) is 5.76. The highest BCUT2D eigenvalue weighted by Gasteiger charge is 2.12. The van der Waals surface area contributed by atoms with Gasteiger partial charge in [-0.3, -0.25) is 0 Å². The van der Waals surface area contributed by atoms with Crippen molar-refractivity contribution in [2.75, 3.05) is 0 Å². The first kappa shape index (κ1) is 12.2. The Hall–Kier alpha value is -2.28. The van der Waals surface area contributed by atoms with Crippen LogP contribution in [0.15, 0.2) is 35.1 Å². The van der Waals surface area contributed by atoms with Crippen LogP contribution in [0.25, 0.3) is 0 Å². The third-order valence-electron chi connectivity index (χ3n) is 2.56. The van der Waals surface area contributed by atoms with Gasteiger partial charge in [-0.05, 0) is 24.3 Å². The summed E-state index contributed by atoms with van der Waals surface area (Å²) < 4.78 is 10.9. The van der Waals surface area contributed by atoms with Gasteiger partial charge < -0.3 is 9.15 Å². The molecular weight excluding hydrogens is 228 g/mol. The third kappa shape index (κ3) is 2.69. The second kappa shape index (κ2) is 5.37. The predicted molar refractivity (Wildman–Crippen MR) is 66.1 cm³/mol. The zero-order valence-corrected chi connectivity index (χ0v) is 10.4. The monoisotopic (exact) mass is 242 g/mol. The molecule has 4 heteroatoms. The quantitative estimate of drug-likeness (QED) is 0.825. The Bertz CT molecular complexity index is 550. The van der Waals surface area contributed by atoms with Gasteiger partial charge in [0.25, 0.3) is 0 Å². The fraction of sp³-hybridized carbons (Fsp3) is 0.286. The maximum absolute atomic E-state index is 8.69. The molecule has 92 valence electrons. The van der Waals surface area contributed by atoms with Crippen molar-refractivity contribution in [2.45, 2.75) is 26.4 Å². The number of rotatable bonds is 4. The number of hydrogen-bond donors (Lipinski definition) is 0. The van der Waals surface area contributed by atoms with Crippen molar-refractivity contribution in [3.05, 3.63) is 47.7 Å². The van der Waals surface area contributed by atoms with Crippen LogP contribution in [0.4, 0.5) is 0 Å². The zero-order valence-electron chi connectivity index (χ0n) is 10.4. The van der Waals surface area contributed by atoms with E-state index >= 15 is 0 Å². The minimum absolute atomic E-state index is 0.284. The van der Waals surface area contributed by atoms with Gasteiger partial charge >= 0.3 is 0 Å². The predicted octanol–water partition coefficient (Wildman–Crippen LogP) is 3.25. The summed E-state index contributed by atoms with van der Waals surface area (Å²) >= 11 is 0. The summed E-state index contributed by atoms with van der Waals surface area (Å²) in [5.41, 5.74) is 1.43. The van der Waals surface area contributed by atoms with E-state index in [1.165, 1.54) is 6.39 Å². The molecule has 0 aliphatic carbocycles. The van der Waals surface area contributed by atoms with E-state index in [-0.39, 0.29) is 5.92 Å². The van der Waals surface area contributed by atoms with Crippen LogP contribution in [0, 0.1) is 11.3 Å². The van der Waals surface area contributed by atoms with Crippen molar-refractivity contribution >= 4 is 0 Å². The van der Waals surface area contributed by atoms with Gasteiger partial charge in [0.1, 0.15) is 23.8 Å². The molecule has 1 heterocycles. The van der Waals surface area contributed by atoms with Crippen LogP contribution in [0.1, 0.15) is 36.8 Å². The lowest BCUT2D eigenvalue weighted by atomic mass is 10.1. The smallest absolute Gasteiger partial charge is 0.181 e. The Labute approximate surface area is 106 Å². The van der Waals surface area contributed by atoms with Crippen LogP contribution < -0.4 is 4.74 Å². The number of nitriles is 1. The molecule has 2 aromatic rings. The van der Waals surface area contributed by atoms with E-state index in [0.29, 0.717) is 17.9 Å². The van der Waals surface area contributed by atoms with Crippen molar-refractivity contribution in [1.29, 1.82) is 5.26 Å². The Balaban J connectivity index is 2.02. The number of benzene rings is 1. The first-order valence-electron chi connectivity index (χ1n) is 5.76. The molecule has 4 nitrogen and oxygen atoms in total. The van der Waals surface area contributed by atoms with E-state index in [4.69, 9.17) is 14.4 Å². The first-order chi connectivity index (χ1) is 8.70. The van der Waals surface area contributed by atoms with Crippen LogP contribution in [-0.4, -0.2) is 4.98 Å². The summed E-state index contributed by atoms with van der Waals surface area (Å²) in [5.74, 6) is 1.85. The fourth-order valence-electron chi connectivity index (χ4n) is 1.63. The summed E-state index contributed by atoms with van der Waals surface area (Å²) in [6.07, 6.45) is 1.44. The highest BCUT2D eigenvalue weighted by molar-refractivity contribution is 5.34. The lowest BCUT2D eigenvalue weighted by Gasteiger charge is -2.06. The Morgan fingerprint density at radius 1 is 1.33 bits per heavy atom. The average molecular weight is 242 g/mol. The second-order valence-corrected chi connectivity index (χ2v) is 4.24. The van der Waals surface area contributed by atoms with Gasteiger partial charge in [-0.25, -0.2) is 4.98 Å². The van der Waals surface area contributed by atoms with Gasteiger partial charge in [-0.1, -0.05) is 13.8 Å². The Kier molecular flexibility index (Phi) is 3.63. The van der Waals surface area contributed by atoms with Crippen molar-refractivity contribution < 1.29 is 9.15 Å². The standard InChI is InChI=1S/C14H14N2O2/c1-10(2)14-13(16-9-18-14)8-17-12-5-3-11(7-15)4-6-12/h3-6,9-10H,8H2,1-2H3. The van der Waals surface area contributed by atoms with Gasteiger partial charge in [-0.15, -0.1) is 0 Å². The van der Waals surface area contributed by atoms with Crippen molar-refractivity contribution in [3.8, 4) is 11.8 Å². The summed E-state index contributed by atoms with van der Waals surface area (Å²) in [5, 5.41) is 8.69. The van der Waals surface area contributed by atoms with E-state index in [0.717, 1.165) is 11.5 Å². The van der Waals surface area contributed by atoms with Crippen molar-refractivity contribution in [2.24, 2.45) is 0 Å². The highest BCUT2D eigenvalue weighted by atomic mass is 16.5. The molecule has 0 saturated heterocycles. The summed E-state index contributed by atoms with van der Waals surface area (Å²) in [7, 11) is 0. The molecule has 18 heavy (non-hydrogen) atoms. The van der Waals surface area contributed by atoms with Gasteiger partial charge in [0.15, 0.2) is 6.39 Å². The molecule has 1 aromatic carbocycles. The topological polar surface area (TPSA) is 59.1 Å². The third-order valence-corrected chi connectivity index (χ3v) is 2.56. The van der Waals surface area contributed by atoms with Crippen LogP contribution >= 0.6 is 0 Å². The molecule has 0 unspecified atom stereocenters. The number of hydrogen-bond acceptors (Lipinski definition) is 4. The SMILES string of the molecule is CC(C)c1ocnc1COc1ccc(C#N)cc1. The Morgan fingerprint density at radius 2 is 2.06 bits per heavy atom. The second-order valence-electron chi connectivity index (χ2n) is 4.24. The minimum Gasteiger partial charge on any atom is -0.487 e. The molecule has 0 aliphatic rings. The van der Waals surface area contributed by atoms with E-state index in [1.54, 1.807) is 24.3 Å². The molecule has 1 aromatic heterocycles. The van der Waals surface area contributed by atoms with Gasteiger partial charge in [0, 0.05) is 5.92 Å². The van der Waals surface area contributed by atoms with E-state index < -0.39 is 0 Å². The Morgan fingerprint density at radius 3 is 2.67 bits per heavy atom. The number of ether oxygens (including phenoxy) is 1. The number of aromatic nitrogens is 1. The zero-order chi connectivity index (χ0) is 13.0. The maximum Gasteiger partial charge on any atom is 0.181 e. The lowest BCUT2D eigenvalue weighted by Crippen LogP contribution is -2.00. The average Bonchev–Trinajstić information content (AvgIpc) is 2.85. The molecule has 0 saturated carbocycles. The summed E-state index contributed by atoms with van der Waals surface area (Å²) in [4.78, 5) is 4.14. The molecule has 0 radical (unpaired) electrons. The highest BCUT2D eigenvalue weighted by Crippen LogP contribution is 2.20. The summed E-state index contributed by atoms with van der Waals surface area (Å²) in [6, 6.07) is 9.06. The van der Waals surface area contributed by atoms with Crippen molar-refractivity contribution in [1.82, 2.24) is 4.98 Å². The lowest BCUT2D eigenvalue weighted by molar-refractivity contribution is 0.297. The van der Waals surface area contributed by atoms with Gasteiger partial charge in [-0.2, -0.15) is 5.26 Å². The fourth-order valence-corrected chi connectivity index (χ4v) is 1.63. The maximum atomic E-state index is 8.69. The molecular formula is C14H14N2O2. The largest absolute Gasteiger partial charge is 0.487 e. The minimum atomic E-state index is 0.284. The van der Waals surface area contributed by atoms with E-state index in [1.807, 2.05) is 13.8 Å². The van der Waals surface area contributed by atoms with Crippen LogP contribution in [0.5, 0.6) is 5.75 Å². The molecule has 0 atom stereocenters. The van der Waals surface area contributed by atoms with E-state index in [2.05, 4.69) is 11.1 Å². The summed E-state index contributed by atoms with van der Waals surface area (Å²) in [6.45, 7) is 4.47. The van der Waals surface area contributed by atoms with Crippen LogP contribution in [0.2, 0.25) is 0 Å². The number of oxazole rings is 1. The molecule has 0 spiro atoms. The van der Waals surface area contributed by atoms with Gasteiger partial charge in [0.2, 0.25) is 0 Å². The molecule has 0 bridgehead atoms. The molecule has 0 fully saturated rings. The molecule has 0 amide bonds. The van der Waals surface area contributed by atoms with Crippen molar-refractivity contribution in [3.63, 3.8) is 0 Å². The number of nitrogens with zero attached hydrogens (tertiary/aromatic N) is 2. The van der Waals surface area contributed by atoms with E-state index in [9.17, 15) is 0 Å². The normalized spacial score (nSPS) is 10.3. The molecule has 2 rings (SSSR count). The molecule has 0 N–H and O–H groups in total.